The van der Waals surface area contributed by atoms with E-state index in [4.69, 9.17) is 11.6 Å². The number of aromatic nitrogens is 1. The Kier molecular flexibility index (Phi) is 6.51. The molecule has 0 aliphatic carbocycles. The summed E-state index contributed by atoms with van der Waals surface area (Å²) < 4.78 is 0. The Morgan fingerprint density at radius 2 is 1.78 bits per heavy atom. The Morgan fingerprint density at radius 1 is 1.05 bits per heavy atom. The van der Waals surface area contributed by atoms with Crippen LogP contribution in [0.1, 0.15) is 40.1 Å². The average Bonchev–Trinajstić information content (AvgIpc) is 3.44. The van der Waals surface area contributed by atoms with Crippen molar-refractivity contribution in [1.29, 1.82) is 0 Å². The Morgan fingerprint density at radius 3 is 2.51 bits per heavy atom. The number of aromatic amines is 1. The normalized spacial score (nSPS) is 19.6. The van der Waals surface area contributed by atoms with E-state index in [0.717, 1.165) is 27.1 Å². The SMILES string of the molecule is C[C@@H](O)[C@H](NC(=O)c1ccccc1N1C(=O)[C@@H]2Cc3c([nH]c4ccccc34)[C@H](c3cccc(Cl)c3)N2C1=O)C(=O)O. The average molecular weight is 573 g/mol. The third-order valence-electron chi connectivity index (χ3n) is 7.64. The van der Waals surface area contributed by atoms with Gasteiger partial charge in [-0.2, -0.15) is 0 Å². The molecule has 4 N–H and O–H groups in total. The minimum absolute atomic E-state index is 0.0162. The van der Waals surface area contributed by atoms with Crippen LogP contribution in [0, 0.1) is 0 Å². The summed E-state index contributed by atoms with van der Waals surface area (Å²) in [7, 11) is 0. The maximum Gasteiger partial charge on any atom is 0.332 e. The van der Waals surface area contributed by atoms with Gasteiger partial charge in [0.1, 0.15) is 12.1 Å². The summed E-state index contributed by atoms with van der Waals surface area (Å²) in [5, 5.41) is 23.0. The number of hydrogen-bond donors (Lipinski definition) is 4. The molecule has 3 aromatic carbocycles. The third-order valence-corrected chi connectivity index (χ3v) is 7.87. The summed E-state index contributed by atoms with van der Waals surface area (Å²) in [6, 6.07) is 17.1. The molecule has 4 amide bonds. The molecule has 41 heavy (non-hydrogen) atoms. The largest absolute Gasteiger partial charge is 0.480 e. The van der Waals surface area contributed by atoms with Crippen molar-refractivity contribution >= 4 is 52.0 Å². The summed E-state index contributed by atoms with van der Waals surface area (Å²) >= 11 is 6.35. The van der Waals surface area contributed by atoms with Gasteiger partial charge in [-0.05, 0) is 48.4 Å². The lowest BCUT2D eigenvalue weighted by Crippen LogP contribution is -2.48. The number of aliphatic hydroxyl groups is 1. The highest BCUT2D eigenvalue weighted by Gasteiger charge is 2.53. The lowest BCUT2D eigenvalue weighted by molar-refractivity contribution is -0.141. The summed E-state index contributed by atoms with van der Waals surface area (Å²) in [5.74, 6) is -2.78. The lowest BCUT2D eigenvalue weighted by atomic mass is 9.89. The van der Waals surface area contributed by atoms with Crippen molar-refractivity contribution < 1.29 is 29.4 Å². The predicted molar refractivity (Wildman–Crippen MR) is 151 cm³/mol. The quantitative estimate of drug-likeness (QED) is 0.258. The van der Waals surface area contributed by atoms with E-state index < -0.39 is 48.0 Å². The number of urea groups is 1. The van der Waals surface area contributed by atoms with Gasteiger partial charge in [0.05, 0.1) is 17.4 Å². The maximum atomic E-state index is 14.2. The van der Waals surface area contributed by atoms with Crippen LogP contribution in [0.25, 0.3) is 10.9 Å². The molecule has 1 fully saturated rings. The van der Waals surface area contributed by atoms with E-state index in [1.165, 1.54) is 24.0 Å². The molecular formula is C30H25ClN4O6. The fourth-order valence-corrected chi connectivity index (χ4v) is 5.99. The van der Waals surface area contributed by atoms with Crippen molar-refractivity contribution in [3.63, 3.8) is 0 Å². The number of para-hydroxylation sites is 2. The number of carboxylic acids is 1. The number of rotatable bonds is 6. The van der Waals surface area contributed by atoms with E-state index in [9.17, 15) is 29.4 Å². The Labute approximate surface area is 239 Å². The van der Waals surface area contributed by atoms with Crippen molar-refractivity contribution in [2.45, 2.75) is 37.6 Å². The first-order chi connectivity index (χ1) is 19.7. The van der Waals surface area contributed by atoms with Gasteiger partial charge in [-0.25, -0.2) is 14.5 Å². The van der Waals surface area contributed by atoms with Crippen molar-refractivity contribution in [1.82, 2.24) is 15.2 Å². The molecule has 2 aliphatic rings. The fourth-order valence-electron chi connectivity index (χ4n) is 5.79. The van der Waals surface area contributed by atoms with E-state index in [2.05, 4.69) is 10.3 Å². The number of nitrogens with zero attached hydrogens (tertiary/aromatic N) is 2. The fraction of sp³-hybridized carbons (Fsp3) is 0.200. The number of imide groups is 1. The molecule has 4 aromatic rings. The smallest absolute Gasteiger partial charge is 0.332 e. The second-order valence-corrected chi connectivity index (χ2v) is 10.6. The summed E-state index contributed by atoms with van der Waals surface area (Å²) in [6.45, 7) is 1.24. The first kappa shape index (κ1) is 26.5. The molecule has 11 heteroatoms. The van der Waals surface area contributed by atoms with Gasteiger partial charge in [0.25, 0.3) is 11.8 Å². The van der Waals surface area contributed by atoms with Crippen molar-refractivity contribution in [3.05, 3.63) is 100 Å². The van der Waals surface area contributed by atoms with Crippen LogP contribution < -0.4 is 10.2 Å². The number of amides is 4. The summed E-state index contributed by atoms with van der Waals surface area (Å²) in [6.07, 6.45) is -1.12. The molecule has 208 valence electrons. The van der Waals surface area contributed by atoms with Crippen LogP contribution in [0.3, 0.4) is 0 Å². The van der Waals surface area contributed by atoms with Gasteiger partial charge < -0.3 is 20.5 Å². The second-order valence-electron chi connectivity index (χ2n) is 10.2. The van der Waals surface area contributed by atoms with Gasteiger partial charge in [0.15, 0.2) is 6.04 Å². The Hall–Kier alpha value is -4.67. The van der Waals surface area contributed by atoms with Gasteiger partial charge in [0.2, 0.25) is 0 Å². The van der Waals surface area contributed by atoms with Crippen LogP contribution in [0.2, 0.25) is 5.02 Å². The maximum absolute atomic E-state index is 14.2. The molecule has 0 unspecified atom stereocenters. The molecule has 0 spiro atoms. The van der Waals surface area contributed by atoms with Crippen LogP contribution in [-0.4, -0.2) is 62.1 Å². The van der Waals surface area contributed by atoms with Crippen molar-refractivity contribution in [3.8, 4) is 0 Å². The van der Waals surface area contributed by atoms with Crippen molar-refractivity contribution in [2.24, 2.45) is 0 Å². The number of halogens is 1. The topological polar surface area (TPSA) is 143 Å². The van der Waals surface area contributed by atoms with Gasteiger partial charge >= 0.3 is 12.0 Å². The number of H-pyrrole nitrogens is 1. The molecule has 1 aromatic heterocycles. The first-order valence-electron chi connectivity index (χ1n) is 13.0. The minimum atomic E-state index is -1.59. The highest BCUT2D eigenvalue weighted by atomic mass is 35.5. The number of benzene rings is 3. The number of anilines is 1. The van der Waals surface area contributed by atoms with Crippen molar-refractivity contribution in [2.75, 3.05) is 4.90 Å². The summed E-state index contributed by atoms with van der Waals surface area (Å²) in [4.78, 5) is 58.9. The third kappa shape index (κ3) is 4.32. The number of carboxylic acid groups (broad SMARTS) is 1. The van der Waals surface area contributed by atoms with Gasteiger partial charge in [-0.1, -0.05) is 54.1 Å². The highest BCUT2D eigenvalue weighted by Crippen LogP contribution is 2.45. The van der Waals surface area contributed by atoms with Crippen LogP contribution in [0.5, 0.6) is 0 Å². The van der Waals surface area contributed by atoms with Gasteiger partial charge in [-0.15, -0.1) is 0 Å². The molecule has 4 atom stereocenters. The Bertz CT molecular complexity index is 1730. The second kappa shape index (κ2) is 10.1. The molecule has 6 rings (SSSR count). The van der Waals surface area contributed by atoms with E-state index >= 15 is 0 Å². The van der Waals surface area contributed by atoms with Crippen LogP contribution in [0.4, 0.5) is 10.5 Å². The van der Waals surface area contributed by atoms with E-state index in [1.807, 2.05) is 30.3 Å². The number of aliphatic hydroxyl groups excluding tert-OH is 1. The molecule has 0 radical (unpaired) electrons. The zero-order valence-electron chi connectivity index (χ0n) is 21.7. The highest BCUT2D eigenvalue weighted by molar-refractivity contribution is 6.30. The van der Waals surface area contributed by atoms with Gasteiger partial charge in [-0.3, -0.25) is 14.5 Å². The monoisotopic (exact) mass is 572 g/mol. The first-order valence-corrected chi connectivity index (χ1v) is 13.4. The predicted octanol–water partition coefficient (Wildman–Crippen LogP) is 3.87. The van der Waals surface area contributed by atoms with Crippen LogP contribution >= 0.6 is 11.6 Å². The number of carbonyl (C=O) groups is 4. The molecule has 10 nitrogen and oxygen atoms in total. The number of nitrogens with one attached hydrogen (secondary N) is 2. The van der Waals surface area contributed by atoms with E-state index in [-0.39, 0.29) is 17.7 Å². The molecule has 2 aliphatic heterocycles. The number of fused-ring (bicyclic) bond motifs is 4. The van der Waals surface area contributed by atoms with Gasteiger partial charge in [0, 0.05) is 28.0 Å². The van der Waals surface area contributed by atoms with E-state index in [0.29, 0.717) is 10.6 Å². The number of hydrogen-bond acceptors (Lipinski definition) is 5. The molecule has 3 heterocycles. The zero-order valence-corrected chi connectivity index (χ0v) is 22.5. The van der Waals surface area contributed by atoms with E-state index in [1.54, 1.807) is 30.3 Å². The minimum Gasteiger partial charge on any atom is -0.480 e. The lowest BCUT2D eigenvalue weighted by Gasteiger charge is -2.36. The van der Waals surface area contributed by atoms with Crippen LogP contribution in [-0.2, 0) is 16.0 Å². The zero-order chi connectivity index (χ0) is 29.0. The molecular weight excluding hydrogens is 548 g/mol. The molecule has 1 saturated heterocycles. The molecule has 0 bridgehead atoms. The standard InChI is InChI=1S/C30H25ClN4O6/c1-15(36)24(29(39)40)33-27(37)19-10-3-5-12-22(19)35-28(38)23-14-20-18-9-2-4-11-21(18)32-25(20)26(34(23)30(35)41)16-7-6-8-17(31)13-16/h2-13,15,23-24,26,32,36H,14H2,1H3,(H,33,37)(H,39,40)/t15-,23+,24+,26+/m1/s1. The summed E-state index contributed by atoms with van der Waals surface area (Å²) in [5.41, 5.74) is 3.23. The van der Waals surface area contributed by atoms with Crippen LogP contribution in [0.15, 0.2) is 72.8 Å². The Balaban J connectivity index is 1.45. The molecule has 0 saturated carbocycles. The number of aliphatic carboxylic acids is 1. The number of carbonyl (C=O) groups excluding carboxylic acids is 3.